The number of carbonyl (C=O) groups excluding carboxylic acids is 2. The number of amides is 2. The Morgan fingerprint density at radius 3 is 2.28 bits per heavy atom. The molecular formula is C14H20N2O2. The molecule has 0 saturated carbocycles. The van der Waals surface area contributed by atoms with Crippen LogP contribution in [-0.4, -0.2) is 11.8 Å². The van der Waals surface area contributed by atoms with Gasteiger partial charge in [-0.2, -0.15) is 0 Å². The van der Waals surface area contributed by atoms with Crippen LogP contribution in [0.5, 0.6) is 0 Å². The van der Waals surface area contributed by atoms with E-state index in [-0.39, 0.29) is 35.5 Å². The fraction of sp³-hybridized carbons (Fsp3) is 0.571. The summed E-state index contributed by atoms with van der Waals surface area (Å²) < 4.78 is 0. The second-order valence-electron chi connectivity index (χ2n) is 5.55. The average Bonchev–Trinajstić information content (AvgIpc) is 2.28. The minimum atomic E-state index is -0.285. The molecule has 1 aliphatic heterocycles. The van der Waals surface area contributed by atoms with E-state index in [0.717, 1.165) is 5.57 Å². The molecule has 0 aromatic carbocycles. The fourth-order valence-electron chi connectivity index (χ4n) is 2.95. The van der Waals surface area contributed by atoms with Crippen LogP contribution in [0, 0.1) is 23.7 Å². The summed E-state index contributed by atoms with van der Waals surface area (Å²) in [5, 5.41) is 0. The molecule has 4 nitrogen and oxygen atoms in total. The maximum atomic E-state index is 12.0. The number of fused-ring (bicyclic) bond motifs is 1. The Labute approximate surface area is 107 Å². The van der Waals surface area contributed by atoms with Gasteiger partial charge in [0.05, 0.1) is 11.8 Å². The van der Waals surface area contributed by atoms with Crippen molar-refractivity contribution in [1.82, 2.24) is 10.9 Å². The van der Waals surface area contributed by atoms with E-state index in [4.69, 9.17) is 0 Å². The molecule has 1 fully saturated rings. The monoisotopic (exact) mass is 248 g/mol. The van der Waals surface area contributed by atoms with Crippen molar-refractivity contribution >= 4 is 11.8 Å². The SMILES string of the molecule is CC(C)=C[C@@H]1C=C(C)[C@H](C)[C@H]2C(=O)NNC(=O)[C@@H]12. The van der Waals surface area contributed by atoms with E-state index in [2.05, 4.69) is 23.0 Å². The van der Waals surface area contributed by atoms with Crippen LogP contribution in [-0.2, 0) is 9.59 Å². The summed E-state index contributed by atoms with van der Waals surface area (Å²) in [5.74, 6) is -0.578. The Balaban J connectivity index is 2.45. The molecule has 1 aliphatic carbocycles. The third-order valence-corrected chi connectivity index (χ3v) is 3.95. The van der Waals surface area contributed by atoms with Gasteiger partial charge in [0.15, 0.2) is 0 Å². The summed E-state index contributed by atoms with van der Waals surface area (Å²) in [6.45, 7) is 8.07. The number of hydrogen-bond acceptors (Lipinski definition) is 2. The van der Waals surface area contributed by atoms with Crippen molar-refractivity contribution in [2.75, 3.05) is 0 Å². The van der Waals surface area contributed by atoms with Crippen molar-refractivity contribution in [3.05, 3.63) is 23.3 Å². The molecule has 0 radical (unpaired) electrons. The number of allylic oxidation sites excluding steroid dienone is 4. The van der Waals surface area contributed by atoms with E-state index < -0.39 is 0 Å². The van der Waals surface area contributed by atoms with Crippen molar-refractivity contribution in [1.29, 1.82) is 0 Å². The maximum Gasteiger partial charge on any atom is 0.243 e. The van der Waals surface area contributed by atoms with Crippen molar-refractivity contribution in [2.24, 2.45) is 23.7 Å². The number of nitrogens with one attached hydrogen (secondary N) is 2. The predicted molar refractivity (Wildman–Crippen MR) is 69.1 cm³/mol. The third kappa shape index (κ3) is 2.07. The van der Waals surface area contributed by atoms with Crippen molar-refractivity contribution in [3.8, 4) is 0 Å². The molecule has 2 amide bonds. The highest BCUT2D eigenvalue weighted by molar-refractivity contribution is 5.94. The van der Waals surface area contributed by atoms with Gasteiger partial charge in [-0.05, 0) is 26.7 Å². The summed E-state index contributed by atoms with van der Waals surface area (Å²) in [4.78, 5) is 24.0. The van der Waals surface area contributed by atoms with Crippen LogP contribution in [0.3, 0.4) is 0 Å². The topological polar surface area (TPSA) is 58.2 Å². The van der Waals surface area contributed by atoms with Crippen LogP contribution in [0.2, 0.25) is 0 Å². The van der Waals surface area contributed by atoms with Crippen LogP contribution < -0.4 is 10.9 Å². The van der Waals surface area contributed by atoms with Crippen LogP contribution in [0.4, 0.5) is 0 Å². The lowest BCUT2D eigenvalue weighted by atomic mass is 9.66. The molecule has 0 unspecified atom stereocenters. The lowest BCUT2D eigenvalue weighted by molar-refractivity contribution is -0.146. The van der Waals surface area contributed by atoms with E-state index in [1.807, 2.05) is 27.7 Å². The Hall–Kier alpha value is -1.58. The number of hydrazine groups is 1. The largest absolute Gasteiger partial charge is 0.273 e. The minimum Gasteiger partial charge on any atom is -0.273 e. The fourth-order valence-corrected chi connectivity index (χ4v) is 2.95. The summed E-state index contributed by atoms with van der Waals surface area (Å²) in [7, 11) is 0. The average molecular weight is 248 g/mol. The number of carbonyl (C=O) groups is 2. The second-order valence-corrected chi connectivity index (χ2v) is 5.55. The maximum absolute atomic E-state index is 12.0. The zero-order chi connectivity index (χ0) is 13.4. The first kappa shape index (κ1) is 12.9. The van der Waals surface area contributed by atoms with Crippen molar-refractivity contribution < 1.29 is 9.59 Å². The van der Waals surface area contributed by atoms with Crippen LogP contribution in [0.1, 0.15) is 27.7 Å². The van der Waals surface area contributed by atoms with Gasteiger partial charge in [-0.1, -0.05) is 30.2 Å². The molecule has 2 rings (SSSR count). The molecule has 98 valence electrons. The van der Waals surface area contributed by atoms with Gasteiger partial charge in [0.25, 0.3) is 0 Å². The van der Waals surface area contributed by atoms with Gasteiger partial charge in [0.2, 0.25) is 11.8 Å². The molecule has 4 heteroatoms. The molecule has 1 saturated heterocycles. The second kappa shape index (κ2) is 4.59. The summed E-state index contributed by atoms with van der Waals surface area (Å²) in [5.41, 5.74) is 7.29. The summed E-state index contributed by atoms with van der Waals surface area (Å²) >= 11 is 0. The van der Waals surface area contributed by atoms with Gasteiger partial charge in [-0.15, -0.1) is 0 Å². The first-order valence-electron chi connectivity index (χ1n) is 6.35. The number of hydrogen-bond donors (Lipinski definition) is 2. The lowest BCUT2D eigenvalue weighted by Crippen LogP contribution is -2.60. The van der Waals surface area contributed by atoms with E-state index in [1.165, 1.54) is 5.57 Å². The van der Waals surface area contributed by atoms with E-state index in [0.29, 0.717) is 0 Å². The molecule has 4 atom stereocenters. The first-order valence-corrected chi connectivity index (χ1v) is 6.35. The van der Waals surface area contributed by atoms with Gasteiger partial charge in [0, 0.05) is 5.92 Å². The van der Waals surface area contributed by atoms with Gasteiger partial charge in [0.1, 0.15) is 0 Å². The highest BCUT2D eigenvalue weighted by Gasteiger charge is 2.47. The zero-order valence-electron chi connectivity index (χ0n) is 11.3. The predicted octanol–water partition coefficient (Wildman–Crippen LogP) is 1.56. The van der Waals surface area contributed by atoms with E-state index in [1.54, 1.807) is 0 Å². The van der Waals surface area contributed by atoms with E-state index >= 15 is 0 Å². The van der Waals surface area contributed by atoms with Gasteiger partial charge in [-0.25, -0.2) is 0 Å². The first-order chi connectivity index (χ1) is 8.41. The number of rotatable bonds is 1. The van der Waals surface area contributed by atoms with Crippen LogP contribution in [0.15, 0.2) is 23.3 Å². The van der Waals surface area contributed by atoms with Gasteiger partial charge in [-0.3, -0.25) is 20.4 Å². The van der Waals surface area contributed by atoms with Crippen LogP contribution in [0.25, 0.3) is 0 Å². The Morgan fingerprint density at radius 1 is 1.17 bits per heavy atom. The molecule has 1 heterocycles. The molecule has 0 bridgehead atoms. The normalized spacial score (nSPS) is 35.0. The standard InChI is InChI=1S/C14H20N2O2/c1-7(2)5-10-6-8(3)9(4)11-12(10)14(18)16-15-13(11)17/h5-6,9-12H,1-4H3,(H,15,17)(H,16,18)/t9-,10+,11+,12-/m0/s1. The minimum absolute atomic E-state index is 0.0160. The van der Waals surface area contributed by atoms with Crippen LogP contribution >= 0.6 is 0 Å². The molecule has 18 heavy (non-hydrogen) atoms. The van der Waals surface area contributed by atoms with E-state index in [9.17, 15) is 9.59 Å². The Bertz CT molecular complexity index is 447. The molecular weight excluding hydrogens is 228 g/mol. The highest BCUT2D eigenvalue weighted by Crippen LogP contribution is 2.40. The summed E-state index contributed by atoms with van der Waals surface area (Å²) in [6.07, 6.45) is 4.20. The molecule has 0 spiro atoms. The molecule has 2 aliphatic rings. The third-order valence-electron chi connectivity index (χ3n) is 3.95. The molecule has 0 aromatic heterocycles. The molecule has 0 aromatic rings. The quantitative estimate of drug-likeness (QED) is 0.692. The Kier molecular flexibility index (Phi) is 3.28. The van der Waals surface area contributed by atoms with Gasteiger partial charge < -0.3 is 0 Å². The zero-order valence-corrected chi connectivity index (χ0v) is 11.3. The van der Waals surface area contributed by atoms with Crippen molar-refractivity contribution in [3.63, 3.8) is 0 Å². The smallest absolute Gasteiger partial charge is 0.243 e. The lowest BCUT2D eigenvalue weighted by Gasteiger charge is -2.41. The Morgan fingerprint density at radius 2 is 1.72 bits per heavy atom. The highest BCUT2D eigenvalue weighted by atomic mass is 16.2. The summed E-state index contributed by atoms with van der Waals surface area (Å²) in [6, 6.07) is 0. The van der Waals surface area contributed by atoms with Crippen molar-refractivity contribution in [2.45, 2.75) is 27.7 Å². The molecule has 2 N–H and O–H groups in total. The van der Waals surface area contributed by atoms with Gasteiger partial charge >= 0.3 is 0 Å².